The number of hydrogen-bond donors (Lipinski definition) is 0. The number of aromatic nitrogens is 4. The molecule has 0 radical (unpaired) electrons. The van der Waals surface area contributed by atoms with Gasteiger partial charge in [0.2, 0.25) is 0 Å². The van der Waals surface area contributed by atoms with E-state index in [9.17, 15) is 0 Å². The van der Waals surface area contributed by atoms with Crippen LogP contribution in [0.4, 0.5) is 0 Å². The Balaban J connectivity index is 1.46. The van der Waals surface area contributed by atoms with Crippen molar-refractivity contribution in [1.29, 1.82) is 0 Å². The maximum absolute atomic E-state index is 5.34. The molecule has 0 atom stereocenters. The van der Waals surface area contributed by atoms with E-state index in [4.69, 9.17) is 9.72 Å². The van der Waals surface area contributed by atoms with Crippen molar-refractivity contribution in [2.24, 2.45) is 0 Å². The molecule has 29 heavy (non-hydrogen) atoms. The number of nitrogens with zero attached hydrogens (tertiary/aromatic N) is 4. The number of benzene rings is 2. The van der Waals surface area contributed by atoms with Crippen LogP contribution in [0.5, 0.6) is 5.75 Å². The second kappa shape index (κ2) is 9.24. The molecular formula is C22H22N4OS2. The first-order valence-corrected chi connectivity index (χ1v) is 11.3. The molecule has 0 aliphatic heterocycles. The number of thiazole rings is 1. The zero-order chi connectivity index (χ0) is 20.1. The van der Waals surface area contributed by atoms with E-state index in [2.05, 4.69) is 51.3 Å². The fraction of sp³-hybridized carbons (Fsp3) is 0.227. The van der Waals surface area contributed by atoms with Crippen LogP contribution in [-0.2, 0) is 18.7 Å². The van der Waals surface area contributed by atoms with Crippen LogP contribution in [0.25, 0.3) is 11.4 Å². The fourth-order valence-electron chi connectivity index (χ4n) is 3.06. The number of hydrogen-bond acceptors (Lipinski definition) is 6. The number of rotatable bonds is 8. The first kappa shape index (κ1) is 19.7. The molecule has 0 bridgehead atoms. The zero-order valence-corrected chi connectivity index (χ0v) is 18.0. The smallest absolute Gasteiger partial charge is 0.191 e. The molecule has 0 aliphatic rings. The van der Waals surface area contributed by atoms with Crippen LogP contribution < -0.4 is 4.74 Å². The molecule has 2 aromatic heterocycles. The summed E-state index contributed by atoms with van der Waals surface area (Å²) in [6, 6.07) is 18.4. The van der Waals surface area contributed by atoms with Crippen molar-refractivity contribution in [2.75, 3.05) is 7.11 Å². The van der Waals surface area contributed by atoms with E-state index in [1.54, 1.807) is 30.2 Å². The van der Waals surface area contributed by atoms with E-state index in [-0.39, 0.29) is 0 Å². The highest BCUT2D eigenvalue weighted by Crippen LogP contribution is 2.28. The quantitative estimate of drug-likeness (QED) is 0.360. The Morgan fingerprint density at radius 3 is 2.72 bits per heavy atom. The van der Waals surface area contributed by atoms with Gasteiger partial charge in [0.05, 0.1) is 17.8 Å². The van der Waals surface area contributed by atoms with E-state index in [1.165, 1.54) is 5.56 Å². The van der Waals surface area contributed by atoms with Gasteiger partial charge in [-0.25, -0.2) is 4.98 Å². The molecule has 148 valence electrons. The van der Waals surface area contributed by atoms with Crippen LogP contribution >= 0.6 is 23.1 Å². The molecule has 5 nitrogen and oxygen atoms in total. The van der Waals surface area contributed by atoms with Crippen LogP contribution in [0.1, 0.15) is 23.2 Å². The van der Waals surface area contributed by atoms with E-state index in [1.807, 2.05) is 30.3 Å². The van der Waals surface area contributed by atoms with Crippen molar-refractivity contribution in [1.82, 2.24) is 19.7 Å². The second-order valence-corrected chi connectivity index (χ2v) is 8.35. The SMILES string of the molecule is CCn1c(SCc2csc(Cc3ccccc3)n2)nnc1-c1cccc(OC)c1. The average Bonchev–Trinajstić information content (AvgIpc) is 3.39. The summed E-state index contributed by atoms with van der Waals surface area (Å²) in [4.78, 5) is 4.79. The first-order chi connectivity index (χ1) is 14.3. The molecule has 0 spiro atoms. The molecule has 0 saturated heterocycles. The predicted molar refractivity (Wildman–Crippen MR) is 119 cm³/mol. The van der Waals surface area contributed by atoms with Gasteiger partial charge < -0.3 is 9.30 Å². The summed E-state index contributed by atoms with van der Waals surface area (Å²) in [5.41, 5.74) is 3.37. The van der Waals surface area contributed by atoms with Gasteiger partial charge in [-0.1, -0.05) is 54.2 Å². The topological polar surface area (TPSA) is 52.8 Å². The standard InChI is InChI=1S/C22H22N4OS2/c1-3-26-21(17-10-7-11-19(13-17)27-2)24-25-22(26)29-15-18-14-28-20(23-18)12-16-8-5-4-6-9-16/h4-11,13-14H,3,12,15H2,1-2H3. The van der Waals surface area contributed by atoms with Gasteiger partial charge in [0.15, 0.2) is 11.0 Å². The summed E-state index contributed by atoms with van der Waals surface area (Å²) in [7, 11) is 1.67. The van der Waals surface area contributed by atoms with Crippen LogP contribution in [-0.4, -0.2) is 26.9 Å². The van der Waals surface area contributed by atoms with E-state index in [0.29, 0.717) is 0 Å². The minimum atomic E-state index is 0.779. The molecule has 0 unspecified atom stereocenters. The third kappa shape index (κ3) is 4.68. The summed E-state index contributed by atoms with van der Waals surface area (Å²) < 4.78 is 7.47. The van der Waals surface area contributed by atoms with E-state index < -0.39 is 0 Å². The van der Waals surface area contributed by atoms with Crippen LogP contribution in [0.2, 0.25) is 0 Å². The van der Waals surface area contributed by atoms with Crippen molar-refractivity contribution < 1.29 is 4.74 Å². The van der Waals surface area contributed by atoms with Gasteiger partial charge >= 0.3 is 0 Å². The normalized spacial score (nSPS) is 11.0. The van der Waals surface area contributed by atoms with Crippen molar-refractivity contribution in [3.63, 3.8) is 0 Å². The molecule has 0 N–H and O–H groups in total. The first-order valence-electron chi connectivity index (χ1n) is 9.44. The zero-order valence-electron chi connectivity index (χ0n) is 16.4. The highest BCUT2D eigenvalue weighted by molar-refractivity contribution is 7.98. The Hall–Kier alpha value is -2.64. The molecule has 7 heteroatoms. The fourth-order valence-corrected chi connectivity index (χ4v) is 4.89. The lowest BCUT2D eigenvalue weighted by Gasteiger charge is -2.08. The van der Waals surface area contributed by atoms with E-state index in [0.717, 1.165) is 51.7 Å². The van der Waals surface area contributed by atoms with Gasteiger partial charge in [0.1, 0.15) is 5.75 Å². The average molecular weight is 423 g/mol. The van der Waals surface area contributed by atoms with Gasteiger partial charge in [0.25, 0.3) is 0 Å². The van der Waals surface area contributed by atoms with Crippen molar-refractivity contribution in [3.05, 3.63) is 76.2 Å². The summed E-state index contributed by atoms with van der Waals surface area (Å²) in [5, 5.41) is 13.0. The van der Waals surface area contributed by atoms with Gasteiger partial charge in [-0.15, -0.1) is 21.5 Å². The largest absolute Gasteiger partial charge is 0.497 e. The van der Waals surface area contributed by atoms with Gasteiger partial charge in [-0.2, -0.15) is 0 Å². The molecule has 0 saturated carbocycles. The Morgan fingerprint density at radius 2 is 1.93 bits per heavy atom. The summed E-state index contributed by atoms with van der Waals surface area (Å²) in [6.45, 7) is 2.91. The van der Waals surface area contributed by atoms with Crippen LogP contribution in [0.3, 0.4) is 0 Å². The monoisotopic (exact) mass is 422 g/mol. The van der Waals surface area contributed by atoms with Gasteiger partial charge in [-0.05, 0) is 24.6 Å². The minimum Gasteiger partial charge on any atom is -0.497 e. The van der Waals surface area contributed by atoms with Crippen LogP contribution in [0, 0.1) is 0 Å². The van der Waals surface area contributed by atoms with Crippen molar-refractivity contribution in [3.8, 4) is 17.1 Å². The highest BCUT2D eigenvalue weighted by atomic mass is 32.2. The van der Waals surface area contributed by atoms with Crippen molar-refractivity contribution in [2.45, 2.75) is 30.8 Å². The highest BCUT2D eigenvalue weighted by Gasteiger charge is 2.14. The molecule has 2 heterocycles. The maximum atomic E-state index is 5.34. The summed E-state index contributed by atoms with van der Waals surface area (Å²) in [6.07, 6.45) is 0.876. The molecular weight excluding hydrogens is 400 g/mol. The number of ether oxygens (including phenoxy) is 1. The summed E-state index contributed by atoms with van der Waals surface area (Å²) in [5.74, 6) is 2.45. The van der Waals surface area contributed by atoms with Crippen LogP contribution in [0.15, 0.2) is 65.1 Å². The molecule has 0 aliphatic carbocycles. The molecule has 4 rings (SSSR count). The minimum absolute atomic E-state index is 0.779. The Morgan fingerprint density at radius 1 is 1.07 bits per heavy atom. The van der Waals surface area contributed by atoms with Crippen molar-refractivity contribution >= 4 is 23.1 Å². The maximum Gasteiger partial charge on any atom is 0.191 e. The molecule has 0 amide bonds. The molecule has 0 fully saturated rings. The van der Waals surface area contributed by atoms with Gasteiger partial charge in [0, 0.05) is 29.7 Å². The molecule has 2 aromatic carbocycles. The Kier molecular flexibility index (Phi) is 6.27. The lowest BCUT2D eigenvalue weighted by atomic mass is 10.2. The third-order valence-electron chi connectivity index (χ3n) is 4.51. The Bertz CT molecular complexity index is 1080. The van der Waals surface area contributed by atoms with Gasteiger partial charge in [-0.3, -0.25) is 0 Å². The van der Waals surface area contributed by atoms with E-state index >= 15 is 0 Å². The number of thioether (sulfide) groups is 1. The number of methoxy groups -OCH3 is 1. The third-order valence-corrected chi connectivity index (χ3v) is 6.41. The predicted octanol–water partition coefficient (Wildman–Crippen LogP) is 5.31. The lowest BCUT2D eigenvalue weighted by Crippen LogP contribution is -2.00. The lowest BCUT2D eigenvalue weighted by molar-refractivity contribution is 0.415. The second-order valence-electron chi connectivity index (χ2n) is 6.47. The Labute approximate surface area is 178 Å². The molecule has 4 aromatic rings. The summed E-state index contributed by atoms with van der Waals surface area (Å²) >= 11 is 3.39.